The number of hydrogen-bond acceptors (Lipinski definition) is 4. The van der Waals surface area contributed by atoms with E-state index in [1.165, 1.54) is 0 Å². The quantitative estimate of drug-likeness (QED) is 0.708. The first-order chi connectivity index (χ1) is 8.74. The van der Waals surface area contributed by atoms with Crippen LogP contribution in [0.4, 0.5) is 11.5 Å². The monoisotopic (exact) mass is 323 g/mol. The van der Waals surface area contributed by atoms with Gasteiger partial charge in [0.25, 0.3) is 0 Å². The lowest BCUT2D eigenvalue weighted by atomic mass is 10.3. The zero-order valence-corrected chi connectivity index (χ0v) is 11.3. The largest absolute Gasteiger partial charge is 0.339 e. The number of nitrogens with zero attached hydrogens (tertiary/aromatic N) is 3. The second kappa shape index (κ2) is 4.55. The second-order valence-corrected chi connectivity index (χ2v) is 4.77. The zero-order chi connectivity index (χ0) is 12.5. The van der Waals surface area contributed by atoms with Gasteiger partial charge in [-0.3, -0.25) is 5.10 Å². The molecule has 0 aliphatic carbocycles. The van der Waals surface area contributed by atoms with Gasteiger partial charge in [-0.25, -0.2) is 0 Å². The number of H-pyrrole nitrogens is 1. The van der Waals surface area contributed by atoms with Crippen LogP contribution in [0.3, 0.4) is 0 Å². The van der Waals surface area contributed by atoms with Crippen molar-refractivity contribution in [3.8, 4) is 0 Å². The minimum Gasteiger partial charge on any atom is -0.339 e. The molecule has 0 bridgehead atoms. The standard InChI is InChI=1S/C11H7BrClN5/c12-7-3-1-2-4-8(7)15-9-6-5-14-18-10(6)17-11(13)16-9/h1-5H,(H2,14,15,16,17,18). The molecule has 2 N–H and O–H groups in total. The van der Waals surface area contributed by atoms with Crippen LogP contribution in [0.1, 0.15) is 0 Å². The van der Waals surface area contributed by atoms with E-state index in [1.54, 1.807) is 6.20 Å². The minimum atomic E-state index is 0.168. The molecule has 0 spiro atoms. The lowest BCUT2D eigenvalue weighted by molar-refractivity contribution is 1.09. The average Bonchev–Trinajstić information content (AvgIpc) is 2.80. The van der Waals surface area contributed by atoms with E-state index in [9.17, 15) is 0 Å². The Balaban J connectivity index is 2.10. The van der Waals surface area contributed by atoms with Crippen molar-refractivity contribution in [3.05, 3.63) is 40.2 Å². The summed E-state index contributed by atoms with van der Waals surface area (Å²) in [5.74, 6) is 0.616. The van der Waals surface area contributed by atoms with Gasteiger partial charge in [-0.1, -0.05) is 12.1 Å². The van der Waals surface area contributed by atoms with E-state index in [0.717, 1.165) is 15.5 Å². The highest BCUT2D eigenvalue weighted by atomic mass is 79.9. The molecular formula is C11H7BrClN5. The Morgan fingerprint density at radius 3 is 2.89 bits per heavy atom. The van der Waals surface area contributed by atoms with Crippen LogP contribution in [0, 0.1) is 0 Å². The number of hydrogen-bond donors (Lipinski definition) is 2. The van der Waals surface area contributed by atoms with Crippen molar-refractivity contribution in [2.45, 2.75) is 0 Å². The van der Waals surface area contributed by atoms with Gasteiger partial charge in [0.15, 0.2) is 5.65 Å². The van der Waals surface area contributed by atoms with E-state index in [4.69, 9.17) is 11.6 Å². The number of benzene rings is 1. The second-order valence-electron chi connectivity index (χ2n) is 3.58. The molecule has 5 nitrogen and oxygen atoms in total. The molecule has 0 amide bonds. The number of rotatable bonds is 2. The van der Waals surface area contributed by atoms with Crippen LogP contribution < -0.4 is 5.32 Å². The number of halogens is 2. The average molecular weight is 325 g/mol. The molecule has 0 saturated carbocycles. The minimum absolute atomic E-state index is 0.168. The van der Waals surface area contributed by atoms with Crippen molar-refractivity contribution in [3.63, 3.8) is 0 Å². The summed E-state index contributed by atoms with van der Waals surface area (Å²) in [4.78, 5) is 8.22. The van der Waals surface area contributed by atoms with E-state index >= 15 is 0 Å². The SMILES string of the molecule is Clc1nc(Nc2ccccc2Br)c2cn[nH]c2n1. The highest BCUT2D eigenvalue weighted by Crippen LogP contribution is 2.28. The molecule has 0 saturated heterocycles. The Morgan fingerprint density at radius 2 is 2.06 bits per heavy atom. The number of aromatic amines is 1. The van der Waals surface area contributed by atoms with Gasteiger partial charge < -0.3 is 5.32 Å². The van der Waals surface area contributed by atoms with Gasteiger partial charge in [0.1, 0.15) is 5.82 Å². The van der Waals surface area contributed by atoms with Crippen LogP contribution in [0.15, 0.2) is 34.9 Å². The molecule has 3 rings (SSSR count). The Bertz CT molecular complexity index is 711. The zero-order valence-electron chi connectivity index (χ0n) is 8.98. The maximum Gasteiger partial charge on any atom is 0.226 e. The lowest BCUT2D eigenvalue weighted by Crippen LogP contribution is -1.96. The van der Waals surface area contributed by atoms with E-state index in [0.29, 0.717) is 11.5 Å². The van der Waals surface area contributed by atoms with Gasteiger partial charge in [-0.2, -0.15) is 15.1 Å². The summed E-state index contributed by atoms with van der Waals surface area (Å²) in [5.41, 5.74) is 1.50. The summed E-state index contributed by atoms with van der Waals surface area (Å²) in [7, 11) is 0. The maximum absolute atomic E-state index is 5.87. The first-order valence-electron chi connectivity index (χ1n) is 5.12. The highest BCUT2D eigenvalue weighted by Gasteiger charge is 2.09. The van der Waals surface area contributed by atoms with Gasteiger partial charge in [0.05, 0.1) is 17.3 Å². The Hall–Kier alpha value is -1.66. The van der Waals surface area contributed by atoms with Crippen LogP contribution in [0.5, 0.6) is 0 Å². The van der Waals surface area contributed by atoms with Crippen molar-refractivity contribution in [1.82, 2.24) is 20.2 Å². The highest BCUT2D eigenvalue weighted by molar-refractivity contribution is 9.10. The van der Waals surface area contributed by atoms with Gasteiger partial charge >= 0.3 is 0 Å². The van der Waals surface area contributed by atoms with Gasteiger partial charge in [-0.05, 0) is 39.7 Å². The molecule has 7 heteroatoms. The normalized spacial score (nSPS) is 10.8. The molecule has 0 atom stereocenters. The van der Waals surface area contributed by atoms with Crippen LogP contribution >= 0.6 is 27.5 Å². The summed E-state index contributed by atoms with van der Waals surface area (Å²) in [5, 5.41) is 10.8. The van der Waals surface area contributed by atoms with Crippen molar-refractivity contribution < 1.29 is 0 Å². The van der Waals surface area contributed by atoms with E-state index in [-0.39, 0.29) is 5.28 Å². The van der Waals surface area contributed by atoms with Crippen LogP contribution in [0.25, 0.3) is 11.0 Å². The van der Waals surface area contributed by atoms with E-state index in [1.807, 2.05) is 24.3 Å². The smallest absolute Gasteiger partial charge is 0.226 e. The fourth-order valence-electron chi connectivity index (χ4n) is 1.59. The number of para-hydroxylation sites is 1. The predicted molar refractivity (Wildman–Crippen MR) is 74.1 cm³/mol. The van der Waals surface area contributed by atoms with Crippen LogP contribution in [0.2, 0.25) is 5.28 Å². The fraction of sp³-hybridized carbons (Fsp3) is 0. The van der Waals surface area contributed by atoms with Gasteiger partial charge in [-0.15, -0.1) is 0 Å². The third-order valence-electron chi connectivity index (χ3n) is 2.41. The lowest BCUT2D eigenvalue weighted by Gasteiger charge is -2.08. The molecule has 90 valence electrons. The Kier molecular flexibility index (Phi) is 2.89. The molecule has 0 aliphatic heterocycles. The van der Waals surface area contributed by atoms with E-state index in [2.05, 4.69) is 41.4 Å². The molecule has 18 heavy (non-hydrogen) atoms. The predicted octanol–water partition coefficient (Wildman–Crippen LogP) is 3.51. The number of fused-ring (bicyclic) bond motifs is 1. The summed E-state index contributed by atoms with van der Waals surface area (Å²) in [6, 6.07) is 7.75. The van der Waals surface area contributed by atoms with Crippen molar-refractivity contribution in [2.24, 2.45) is 0 Å². The number of anilines is 2. The maximum atomic E-state index is 5.87. The first-order valence-corrected chi connectivity index (χ1v) is 6.29. The summed E-state index contributed by atoms with van der Waals surface area (Å²) >= 11 is 9.33. The molecule has 0 unspecified atom stereocenters. The van der Waals surface area contributed by atoms with Crippen LogP contribution in [-0.4, -0.2) is 20.2 Å². The summed E-state index contributed by atoms with van der Waals surface area (Å²) in [6.07, 6.45) is 1.66. The molecule has 1 aromatic carbocycles. The summed E-state index contributed by atoms with van der Waals surface area (Å²) < 4.78 is 0.941. The molecule has 0 fully saturated rings. The van der Waals surface area contributed by atoms with Gasteiger partial charge in [0.2, 0.25) is 5.28 Å². The summed E-state index contributed by atoms with van der Waals surface area (Å²) in [6.45, 7) is 0. The molecule has 3 aromatic rings. The van der Waals surface area contributed by atoms with Crippen molar-refractivity contribution in [1.29, 1.82) is 0 Å². The van der Waals surface area contributed by atoms with Gasteiger partial charge in [0, 0.05) is 4.47 Å². The number of nitrogens with one attached hydrogen (secondary N) is 2. The molecule has 2 aromatic heterocycles. The Morgan fingerprint density at radius 1 is 1.22 bits per heavy atom. The Labute approximate surface area is 116 Å². The third kappa shape index (κ3) is 2.04. The van der Waals surface area contributed by atoms with E-state index < -0.39 is 0 Å². The van der Waals surface area contributed by atoms with Crippen molar-refractivity contribution in [2.75, 3.05) is 5.32 Å². The molecular weight excluding hydrogens is 318 g/mol. The molecule has 2 heterocycles. The third-order valence-corrected chi connectivity index (χ3v) is 3.27. The van der Waals surface area contributed by atoms with Crippen molar-refractivity contribution >= 4 is 50.1 Å². The molecule has 0 radical (unpaired) electrons. The fourth-order valence-corrected chi connectivity index (χ4v) is 2.15. The topological polar surface area (TPSA) is 66.5 Å². The molecule has 0 aliphatic rings. The van der Waals surface area contributed by atoms with Crippen LogP contribution in [-0.2, 0) is 0 Å². The first kappa shape index (κ1) is 11.4. The number of aromatic nitrogens is 4.